The number of anilines is 1. The monoisotopic (exact) mass is 282 g/mol. The summed E-state index contributed by atoms with van der Waals surface area (Å²) in [5.41, 5.74) is 1.67. The van der Waals surface area contributed by atoms with Gasteiger partial charge in [0.05, 0.1) is 38.0 Å². The topological polar surface area (TPSA) is 72.2 Å². The zero-order valence-electron chi connectivity index (χ0n) is 10.5. The van der Waals surface area contributed by atoms with E-state index in [-0.39, 0.29) is 6.61 Å². The third kappa shape index (κ3) is 3.59. The van der Waals surface area contributed by atoms with Crippen molar-refractivity contribution in [1.29, 1.82) is 0 Å². The van der Waals surface area contributed by atoms with Crippen LogP contribution in [0.3, 0.4) is 0 Å². The van der Waals surface area contributed by atoms with Crippen molar-refractivity contribution < 1.29 is 9.84 Å². The summed E-state index contributed by atoms with van der Waals surface area (Å²) < 4.78 is 6.68. The van der Waals surface area contributed by atoms with Crippen molar-refractivity contribution in [3.8, 4) is 5.75 Å². The molecule has 0 fully saturated rings. The molecule has 0 atom stereocenters. The van der Waals surface area contributed by atoms with Gasteiger partial charge in [-0.1, -0.05) is 16.8 Å². The van der Waals surface area contributed by atoms with Crippen molar-refractivity contribution in [1.82, 2.24) is 15.0 Å². The summed E-state index contributed by atoms with van der Waals surface area (Å²) in [6.07, 6.45) is 1.79. The summed E-state index contributed by atoms with van der Waals surface area (Å²) in [5.74, 6) is 0.640. The molecule has 0 saturated heterocycles. The summed E-state index contributed by atoms with van der Waals surface area (Å²) in [6.45, 7) is 1.03. The fourth-order valence-electron chi connectivity index (χ4n) is 1.60. The van der Waals surface area contributed by atoms with Crippen LogP contribution in [0, 0.1) is 0 Å². The zero-order valence-corrected chi connectivity index (χ0v) is 11.3. The number of hydrogen-bond donors (Lipinski definition) is 2. The van der Waals surface area contributed by atoms with Gasteiger partial charge in [0.1, 0.15) is 11.4 Å². The molecular formula is C12H15ClN4O2. The van der Waals surface area contributed by atoms with Crippen LogP contribution >= 0.6 is 11.6 Å². The zero-order chi connectivity index (χ0) is 13.7. The predicted octanol–water partition coefficient (Wildman–Crippen LogP) is 1.54. The van der Waals surface area contributed by atoms with Gasteiger partial charge in [0.25, 0.3) is 0 Å². The fourth-order valence-corrected chi connectivity index (χ4v) is 1.86. The highest BCUT2D eigenvalue weighted by molar-refractivity contribution is 6.32. The standard InChI is InChI=1S/C12H15ClN4O2/c1-19-12-3-2-9(6-11(12)13)14-7-10-8-17(4-5-18)16-15-10/h2-3,6,8,14,18H,4-5,7H2,1H3. The molecule has 1 aromatic heterocycles. The number of methoxy groups -OCH3 is 1. The van der Waals surface area contributed by atoms with Crippen molar-refractivity contribution in [3.05, 3.63) is 35.1 Å². The number of aliphatic hydroxyl groups excluding tert-OH is 1. The molecule has 0 spiro atoms. The van der Waals surface area contributed by atoms with E-state index in [1.54, 1.807) is 30.1 Å². The molecule has 0 saturated carbocycles. The Morgan fingerprint density at radius 1 is 1.47 bits per heavy atom. The lowest BCUT2D eigenvalue weighted by molar-refractivity contribution is 0.268. The lowest BCUT2D eigenvalue weighted by Gasteiger charge is -2.07. The minimum absolute atomic E-state index is 0.0459. The second-order valence-corrected chi connectivity index (χ2v) is 4.31. The van der Waals surface area contributed by atoms with Crippen LogP contribution in [0.2, 0.25) is 5.02 Å². The second-order valence-electron chi connectivity index (χ2n) is 3.90. The number of ether oxygens (including phenoxy) is 1. The number of halogens is 1. The van der Waals surface area contributed by atoms with Crippen LogP contribution in [0.4, 0.5) is 5.69 Å². The van der Waals surface area contributed by atoms with Gasteiger partial charge >= 0.3 is 0 Å². The van der Waals surface area contributed by atoms with E-state index in [9.17, 15) is 0 Å². The number of nitrogens with one attached hydrogen (secondary N) is 1. The number of aliphatic hydroxyl groups is 1. The number of benzene rings is 1. The molecule has 0 aliphatic carbocycles. The van der Waals surface area contributed by atoms with Gasteiger partial charge in [-0.15, -0.1) is 5.10 Å². The van der Waals surface area contributed by atoms with Crippen molar-refractivity contribution >= 4 is 17.3 Å². The van der Waals surface area contributed by atoms with E-state index in [2.05, 4.69) is 15.6 Å². The summed E-state index contributed by atoms with van der Waals surface area (Å²) in [6, 6.07) is 5.47. The molecule has 0 radical (unpaired) electrons. The third-order valence-electron chi connectivity index (χ3n) is 2.54. The van der Waals surface area contributed by atoms with Crippen LogP contribution in [0.15, 0.2) is 24.4 Å². The molecule has 1 heterocycles. The van der Waals surface area contributed by atoms with Crippen molar-refractivity contribution in [3.63, 3.8) is 0 Å². The van der Waals surface area contributed by atoms with Crippen molar-refractivity contribution in [2.75, 3.05) is 19.0 Å². The van der Waals surface area contributed by atoms with Gasteiger partial charge < -0.3 is 15.2 Å². The number of nitrogens with zero attached hydrogens (tertiary/aromatic N) is 3. The molecule has 19 heavy (non-hydrogen) atoms. The SMILES string of the molecule is COc1ccc(NCc2cn(CCO)nn2)cc1Cl. The molecule has 0 aliphatic rings. The Bertz CT molecular complexity index is 544. The average Bonchev–Trinajstić information content (AvgIpc) is 2.85. The average molecular weight is 283 g/mol. The molecule has 2 N–H and O–H groups in total. The highest BCUT2D eigenvalue weighted by atomic mass is 35.5. The molecule has 2 rings (SSSR count). The van der Waals surface area contributed by atoms with Crippen molar-refractivity contribution in [2.24, 2.45) is 0 Å². The Morgan fingerprint density at radius 2 is 2.32 bits per heavy atom. The molecule has 1 aromatic carbocycles. The Morgan fingerprint density at radius 3 is 3.00 bits per heavy atom. The maximum Gasteiger partial charge on any atom is 0.137 e. The molecule has 7 heteroatoms. The molecular weight excluding hydrogens is 268 g/mol. The van der Waals surface area contributed by atoms with Gasteiger partial charge in [0, 0.05) is 5.69 Å². The fraction of sp³-hybridized carbons (Fsp3) is 0.333. The van der Waals surface area contributed by atoms with Crippen LogP contribution < -0.4 is 10.1 Å². The number of hydrogen-bond acceptors (Lipinski definition) is 5. The smallest absolute Gasteiger partial charge is 0.137 e. The van der Waals surface area contributed by atoms with E-state index >= 15 is 0 Å². The number of rotatable bonds is 6. The minimum atomic E-state index is 0.0459. The van der Waals surface area contributed by atoms with Gasteiger partial charge in [-0.2, -0.15) is 0 Å². The lowest BCUT2D eigenvalue weighted by Crippen LogP contribution is -2.02. The lowest BCUT2D eigenvalue weighted by atomic mass is 10.3. The van der Waals surface area contributed by atoms with Gasteiger partial charge in [-0.3, -0.25) is 0 Å². The molecule has 6 nitrogen and oxygen atoms in total. The van der Waals surface area contributed by atoms with E-state index in [1.807, 2.05) is 6.07 Å². The molecule has 0 unspecified atom stereocenters. The maximum atomic E-state index is 8.79. The Hall–Kier alpha value is -1.79. The Kier molecular flexibility index (Phi) is 4.59. The predicted molar refractivity (Wildman–Crippen MR) is 72.4 cm³/mol. The van der Waals surface area contributed by atoms with Crippen LogP contribution in [0.5, 0.6) is 5.75 Å². The van der Waals surface area contributed by atoms with Gasteiger partial charge in [-0.25, -0.2) is 4.68 Å². The molecule has 0 bridgehead atoms. The second kappa shape index (κ2) is 6.40. The van der Waals surface area contributed by atoms with E-state index in [1.165, 1.54) is 0 Å². The van der Waals surface area contributed by atoms with E-state index in [0.29, 0.717) is 23.9 Å². The first kappa shape index (κ1) is 13.6. The van der Waals surface area contributed by atoms with E-state index < -0.39 is 0 Å². The normalized spacial score (nSPS) is 10.5. The summed E-state index contributed by atoms with van der Waals surface area (Å²) in [7, 11) is 1.58. The van der Waals surface area contributed by atoms with Gasteiger partial charge in [-0.05, 0) is 18.2 Å². The van der Waals surface area contributed by atoms with Crippen molar-refractivity contribution in [2.45, 2.75) is 13.1 Å². The summed E-state index contributed by atoms with van der Waals surface area (Å²) in [5, 5.41) is 20.4. The van der Waals surface area contributed by atoms with Gasteiger partial charge in [0.2, 0.25) is 0 Å². The first-order valence-corrected chi connectivity index (χ1v) is 6.18. The molecule has 0 amide bonds. The van der Waals surface area contributed by atoms with Crippen LogP contribution in [-0.2, 0) is 13.1 Å². The van der Waals surface area contributed by atoms with Crippen LogP contribution in [0.25, 0.3) is 0 Å². The largest absolute Gasteiger partial charge is 0.495 e. The summed E-state index contributed by atoms with van der Waals surface area (Å²) in [4.78, 5) is 0. The Labute approximate surface area is 116 Å². The minimum Gasteiger partial charge on any atom is -0.495 e. The molecule has 2 aromatic rings. The first-order valence-electron chi connectivity index (χ1n) is 5.80. The quantitative estimate of drug-likeness (QED) is 0.841. The number of aromatic nitrogens is 3. The molecule has 0 aliphatic heterocycles. The first-order chi connectivity index (χ1) is 9.22. The third-order valence-corrected chi connectivity index (χ3v) is 2.84. The van der Waals surface area contributed by atoms with E-state index in [4.69, 9.17) is 21.4 Å². The van der Waals surface area contributed by atoms with E-state index in [0.717, 1.165) is 11.4 Å². The van der Waals surface area contributed by atoms with Gasteiger partial charge in [0.15, 0.2) is 0 Å². The highest BCUT2D eigenvalue weighted by Crippen LogP contribution is 2.27. The van der Waals surface area contributed by atoms with Crippen LogP contribution in [0.1, 0.15) is 5.69 Å². The summed E-state index contributed by atoms with van der Waals surface area (Å²) >= 11 is 6.03. The maximum absolute atomic E-state index is 8.79. The van der Waals surface area contributed by atoms with Crippen LogP contribution in [-0.4, -0.2) is 33.8 Å². The Balaban J connectivity index is 1.95. The molecule has 102 valence electrons. The highest BCUT2D eigenvalue weighted by Gasteiger charge is 2.03.